The molecule has 1 heterocycles. The van der Waals surface area contributed by atoms with E-state index in [0.29, 0.717) is 6.54 Å². The van der Waals surface area contributed by atoms with Crippen LogP contribution in [0.25, 0.3) is 0 Å². The average Bonchev–Trinajstić information content (AvgIpc) is 3.21. The third-order valence-corrected chi connectivity index (χ3v) is 3.65. The van der Waals surface area contributed by atoms with Crippen molar-refractivity contribution >= 4 is 11.8 Å². The second kappa shape index (κ2) is 6.74. The van der Waals surface area contributed by atoms with E-state index in [-0.39, 0.29) is 17.7 Å². The number of carbonyl (C=O) groups is 2. The lowest BCUT2D eigenvalue weighted by atomic mass is 10.2. The molecule has 1 aliphatic carbocycles. The van der Waals surface area contributed by atoms with Gasteiger partial charge in [-0.1, -0.05) is 0 Å². The maximum atomic E-state index is 11.9. The molecule has 1 saturated carbocycles. The van der Waals surface area contributed by atoms with Crippen LogP contribution in [0.5, 0.6) is 0 Å². The topological polar surface area (TPSA) is 76.0 Å². The summed E-state index contributed by atoms with van der Waals surface area (Å²) in [5.41, 5.74) is 2.14. The van der Waals surface area contributed by atoms with E-state index >= 15 is 0 Å². The molecule has 0 saturated heterocycles. The van der Waals surface area contributed by atoms with Gasteiger partial charge in [0.1, 0.15) is 6.04 Å². The van der Waals surface area contributed by atoms with Crippen molar-refractivity contribution in [3.63, 3.8) is 0 Å². The number of nitrogens with one attached hydrogen (secondary N) is 2. The Hall–Kier alpha value is -1.85. The smallest absolute Gasteiger partial charge is 0.242 e. The summed E-state index contributed by atoms with van der Waals surface area (Å²) >= 11 is 0. The van der Waals surface area contributed by atoms with Gasteiger partial charge in [-0.3, -0.25) is 14.3 Å². The SMILES string of the molecule is Cc1cc(C)n(CCCNC(=O)[C@@H](C)NC(=O)C2CC2)n1. The molecule has 0 unspecified atom stereocenters. The van der Waals surface area contributed by atoms with Crippen molar-refractivity contribution in [1.82, 2.24) is 20.4 Å². The van der Waals surface area contributed by atoms with Crippen LogP contribution in [0.2, 0.25) is 0 Å². The quantitative estimate of drug-likeness (QED) is 0.734. The Labute approximate surface area is 125 Å². The molecule has 2 N–H and O–H groups in total. The van der Waals surface area contributed by atoms with Crippen LogP contribution in [0.4, 0.5) is 0 Å². The molecule has 6 heteroatoms. The van der Waals surface area contributed by atoms with Gasteiger partial charge in [0, 0.05) is 24.7 Å². The highest BCUT2D eigenvalue weighted by molar-refractivity contribution is 5.88. The number of hydrogen-bond acceptors (Lipinski definition) is 3. The van der Waals surface area contributed by atoms with Gasteiger partial charge in [0.15, 0.2) is 0 Å². The zero-order valence-electron chi connectivity index (χ0n) is 13.0. The van der Waals surface area contributed by atoms with Crippen LogP contribution in [0.15, 0.2) is 6.07 Å². The number of amides is 2. The number of hydrogen-bond donors (Lipinski definition) is 2. The molecular weight excluding hydrogens is 268 g/mol. The lowest BCUT2D eigenvalue weighted by Gasteiger charge is -2.14. The van der Waals surface area contributed by atoms with Gasteiger partial charge in [-0.15, -0.1) is 0 Å². The first kappa shape index (κ1) is 15.5. The van der Waals surface area contributed by atoms with E-state index in [2.05, 4.69) is 15.7 Å². The van der Waals surface area contributed by atoms with Crippen LogP contribution < -0.4 is 10.6 Å². The van der Waals surface area contributed by atoms with Crippen LogP contribution in [0.1, 0.15) is 37.6 Å². The highest BCUT2D eigenvalue weighted by atomic mass is 16.2. The van der Waals surface area contributed by atoms with Gasteiger partial charge in [-0.25, -0.2) is 0 Å². The van der Waals surface area contributed by atoms with Gasteiger partial charge >= 0.3 is 0 Å². The third kappa shape index (κ3) is 4.58. The van der Waals surface area contributed by atoms with Crippen molar-refractivity contribution in [1.29, 1.82) is 0 Å². The van der Waals surface area contributed by atoms with E-state index in [1.165, 1.54) is 0 Å². The molecule has 0 radical (unpaired) electrons. The van der Waals surface area contributed by atoms with E-state index < -0.39 is 6.04 Å². The maximum Gasteiger partial charge on any atom is 0.242 e. The Balaban J connectivity index is 1.64. The van der Waals surface area contributed by atoms with E-state index in [9.17, 15) is 9.59 Å². The largest absolute Gasteiger partial charge is 0.354 e. The van der Waals surface area contributed by atoms with Crippen molar-refractivity contribution in [3.05, 3.63) is 17.5 Å². The van der Waals surface area contributed by atoms with Gasteiger partial charge in [-0.05, 0) is 46.1 Å². The zero-order valence-corrected chi connectivity index (χ0v) is 13.0. The lowest BCUT2D eigenvalue weighted by Crippen LogP contribution is -2.45. The summed E-state index contributed by atoms with van der Waals surface area (Å²) in [7, 11) is 0. The third-order valence-electron chi connectivity index (χ3n) is 3.65. The summed E-state index contributed by atoms with van der Waals surface area (Å²) in [5, 5.41) is 9.97. The fourth-order valence-electron chi connectivity index (χ4n) is 2.24. The van der Waals surface area contributed by atoms with Crippen molar-refractivity contribution in [3.8, 4) is 0 Å². The summed E-state index contributed by atoms with van der Waals surface area (Å²) in [6, 6.07) is 1.57. The van der Waals surface area contributed by atoms with Crippen molar-refractivity contribution in [2.75, 3.05) is 6.54 Å². The van der Waals surface area contributed by atoms with Crippen molar-refractivity contribution in [2.24, 2.45) is 5.92 Å². The molecule has 1 atom stereocenters. The Kier molecular flexibility index (Phi) is 4.98. The van der Waals surface area contributed by atoms with Gasteiger partial charge in [0.05, 0.1) is 5.69 Å². The highest BCUT2D eigenvalue weighted by Gasteiger charge is 2.31. The molecule has 1 aromatic rings. The van der Waals surface area contributed by atoms with Crippen LogP contribution in [-0.2, 0) is 16.1 Å². The molecule has 0 aromatic carbocycles. The molecule has 1 aliphatic rings. The summed E-state index contributed by atoms with van der Waals surface area (Å²) in [4.78, 5) is 23.4. The number of carbonyl (C=O) groups excluding carboxylic acids is 2. The van der Waals surface area contributed by atoms with Gasteiger partial charge in [-0.2, -0.15) is 5.10 Å². The average molecular weight is 292 g/mol. The Morgan fingerprint density at radius 3 is 2.71 bits per heavy atom. The first-order valence-electron chi connectivity index (χ1n) is 7.56. The summed E-state index contributed by atoms with van der Waals surface area (Å²) in [5.74, 6) is 0.00365. The highest BCUT2D eigenvalue weighted by Crippen LogP contribution is 2.28. The van der Waals surface area contributed by atoms with E-state index in [1.54, 1.807) is 6.92 Å². The Bertz CT molecular complexity index is 520. The molecule has 116 valence electrons. The Morgan fingerprint density at radius 2 is 2.14 bits per heavy atom. The van der Waals surface area contributed by atoms with Gasteiger partial charge in [0.2, 0.25) is 11.8 Å². The van der Waals surface area contributed by atoms with Crippen LogP contribution in [0, 0.1) is 19.8 Å². The molecule has 21 heavy (non-hydrogen) atoms. The summed E-state index contributed by atoms with van der Waals surface area (Å²) < 4.78 is 1.94. The van der Waals surface area contributed by atoms with Crippen LogP contribution >= 0.6 is 0 Å². The monoisotopic (exact) mass is 292 g/mol. The van der Waals surface area contributed by atoms with E-state index in [4.69, 9.17) is 0 Å². The minimum Gasteiger partial charge on any atom is -0.354 e. The first-order valence-corrected chi connectivity index (χ1v) is 7.56. The summed E-state index contributed by atoms with van der Waals surface area (Å²) in [6.07, 6.45) is 2.71. The lowest BCUT2D eigenvalue weighted by molar-refractivity contribution is -0.129. The number of aryl methyl sites for hydroxylation is 3. The standard InChI is InChI=1S/C15H24N4O2/c1-10-9-11(2)19(18-10)8-4-7-16-14(20)12(3)17-15(21)13-5-6-13/h9,12-13H,4-8H2,1-3H3,(H,16,20)(H,17,21)/t12-/m1/s1. The molecule has 2 rings (SSSR count). The molecule has 0 aliphatic heterocycles. The molecule has 0 spiro atoms. The zero-order chi connectivity index (χ0) is 15.4. The van der Waals surface area contributed by atoms with Crippen molar-refractivity contribution < 1.29 is 9.59 Å². The summed E-state index contributed by atoms with van der Waals surface area (Å²) in [6.45, 7) is 7.07. The first-order chi connectivity index (χ1) is 9.97. The Morgan fingerprint density at radius 1 is 1.43 bits per heavy atom. The second-order valence-electron chi connectivity index (χ2n) is 5.80. The van der Waals surface area contributed by atoms with Gasteiger partial charge < -0.3 is 10.6 Å². The molecule has 6 nitrogen and oxygen atoms in total. The molecule has 1 aromatic heterocycles. The fourth-order valence-corrected chi connectivity index (χ4v) is 2.24. The minimum absolute atomic E-state index is 0.000270. The molecular formula is C15H24N4O2. The number of aromatic nitrogens is 2. The second-order valence-corrected chi connectivity index (χ2v) is 5.80. The normalized spacial score (nSPS) is 15.6. The molecule has 1 fully saturated rings. The minimum atomic E-state index is -0.466. The van der Waals surface area contributed by atoms with Gasteiger partial charge in [0.25, 0.3) is 0 Å². The molecule has 2 amide bonds. The maximum absolute atomic E-state index is 11.9. The number of rotatable bonds is 7. The van der Waals surface area contributed by atoms with E-state index in [0.717, 1.165) is 37.2 Å². The van der Waals surface area contributed by atoms with Crippen LogP contribution in [0.3, 0.4) is 0 Å². The van der Waals surface area contributed by atoms with E-state index in [1.807, 2.05) is 24.6 Å². The predicted molar refractivity (Wildman–Crippen MR) is 79.7 cm³/mol. The van der Waals surface area contributed by atoms with Crippen LogP contribution in [-0.4, -0.2) is 34.2 Å². The number of nitrogens with zero attached hydrogens (tertiary/aromatic N) is 2. The predicted octanol–water partition coefficient (Wildman–Crippen LogP) is 0.921. The molecule has 0 bridgehead atoms. The fraction of sp³-hybridized carbons (Fsp3) is 0.667. The van der Waals surface area contributed by atoms with Crippen molar-refractivity contribution in [2.45, 2.75) is 52.6 Å².